The zero-order chi connectivity index (χ0) is 12.8. The molecule has 0 amide bonds. The van der Waals surface area contributed by atoms with Gasteiger partial charge in [0, 0.05) is 6.04 Å². The van der Waals surface area contributed by atoms with E-state index in [9.17, 15) is 0 Å². The normalized spacial score (nSPS) is 28.6. The molecule has 0 spiro atoms. The molecule has 1 saturated heterocycles. The number of piperidine rings is 1. The summed E-state index contributed by atoms with van der Waals surface area (Å²) in [7, 11) is 0. The van der Waals surface area contributed by atoms with Crippen molar-refractivity contribution in [3.05, 3.63) is 0 Å². The molecule has 0 aromatic carbocycles. The Labute approximate surface area is 108 Å². The summed E-state index contributed by atoms with van der Waals surface area (Å²) in [5.74, 6) is 2.42. The van der Waals surface area contributed by atoms with Crippen LogP contribution in [0.4, 0.5) is 0 Å². The third kappa shape index (κ3) is 5.39. The van der Waals surface area contributed by atoms with Crippen molar-refractivity contribution in [3.8, 4) is 0 Å². The molecule has 3 atom stereocenters. The van der Waals surface area contributed by atoms with E-state index in [1.165, 1.54) is 38.8 Å². The van der Waals surface area contributed by atoms with Crippen molar-refractivity contribution < 1.29 is 0 Å². The molecular weight excluding hydrogens is 208 g/mol. The topological polar surface area (TPSA) is 29.3 Å². The van der Waals surface area contributed by atoms with Gasteiger partial charge < -0.3 is 10.6 Å². The number of nitrogens with two attached hydrogens (primary N) is 1. The van der Waals surface area contributed by atoms with E-state index in [1.807, 2.05) is 0 Å². The van der Waals surface area contributed by atoms with Gasteiger partial charge in [-0.1, -0.05) is 20.8 Å². The molecule has 1 aliphatic heterocycles. The second-order valence-electron chi connectivity index (χ2n) is 6.53. The lowest BCUT2D eigenvalue weighted by Gasteiger charge is -2.37. The maximum atomic E-state index is 5.87. The molecule has 2 nitrogen and oxygen atoms in total. The summed E-state index contributed by atoms with van der Waals surface area (Å²) < 4.78 is 0. The highest BCUT2D eigenvalue weighted by Crippen LogP contribution is 2.23. The predicted octanol–water partition coefficient (Wildman–Crippen LogP) is 3.12. The lowest BCUT2D eigenvalue weighted by Crippen LogP contribution is -2.41. The van der Waals surface area contributed by atoms with Crippen LogP contribution in [0.3, 0.4) is 0 Å². The van der Waals surface area contributed by atoms with Crippen LogP contribution in [0, 0.1) is 17.8 Å². The van der Waals surface area contributed by atoms with Crippen LogP contribution in [0.2, 0.25) is 0 Å². The molecule has 0 aromatic heterocycles. The standard InChI is InChI=1S/C15H32N2/c1-12(2)9-15(11-16)6-8-17-7-5-13(3)10-14(17)4/h12-15H,5-11,16H2,1-4H3. The van der Waals surface area contributed by atoms with Gasteiger partial charge in [0.2, 0.25) is 0 Å². The quantitative estimate of drug-likeness (QED) is 0.773. The van der Waals surface area contributed by atoms with Crippen LogP contribution < -0.4 is 5.73 Å². The van der Waals surface area contributed by atoms with Crippen LogP contribution in [0.25, 0.3) is 0 Å². The second-order valence-corrected chi connectivity index (χ2v) is 6.53. The molecule has 0 aromatic rings. The Morgan fingerprint density at radius 3 is 2.53 bits per heavy atom. The maximum Gasteiger partial charge on any atom is 0.00694 e. The van der Waals surface area contributed by atoms with Crippen molar-refractivity contribution in [1.82, 2.24) is 4.90 Å². The van der Waals surface area contributed by atoms with Crippen molar-refractivity contribution in [2.45, 2.75) is 59.4 Å². The lowest BCUT2D eigenvalue weighted by atomic mass is 9.91. The molecule has 1 rings (SSSR count). The summed E-state index contributed by atoms with van der Waals surface area (Å²) in [4.78, 5) is 2.67. The highest BCUT2D eigenvalue weighted by Gasteiger charge is 2.23. The Balaban J connectivity index is 2.28. The van der Waals surface area contributed by atoms with Gasteiger partial charge in [0.1, 0.15) is 0 Å². The zero-order valence-corrected chi connectivity index (χ0v) is 12.3. The van der Waals surface area contributed by atoms with Crippen LogP contribution in [-0.2, 0) is 0 Å². The van der Waals surface area contributed by atoms with E-state index in [2.05, 4.69) is 32.6 Å². The van der Waals surface area contributed by atoms with Crippen molar-refractivity contribution in [2.75, 3.05) is 19.6 Å². The Morgan fingerprint density at radius 1 is 1.29 bits per heavy atom. The van der Waals surface area contributed by atoms with Gasteiger partial charge in [0.15, 0.2) is 0 Å². The average Bonchev–Trinajstić information content (AvgIpc) is 2.25. The van der Waals surface area contributed by atoms with Crippen LogP contribution >= 0.6 is 0 Å². The third-order valence-electron chi connectivity index (χ3n) is 4.24. The number of rotatable bonds is 6. The minimum atomic E-state index is 0.724. The van der Waals surface area contributed by atoms with Gasteiger partial charge in [0.05, 0.1) is 0 Å². The van der Waals surface area contributed by atoms with Crippen LogP contribution in [0.5, 0.6) is 0 Å². The first-order chi connectivity index (χ1) is 8.02. The first-order valence-corrected chi connectivity index (χ1v) is 7.47. The van der Waals surface area contributed by atoms with E-state index in [1.54, 1.807) is 0 Å². The van der Waals surface area contributed by atoms with Gasteiger partial charge >= 0.3 is 0 Å². The second kappa shape index (κ2) is 7.38. The predicted molar refractivity (Wildman–Crippen MR) is 76.0 cm³/mol. The summed E-state index contributed by atoms with van der Waals surface area (Å²) in [6.07, 6.45) is 5.32. The van der Waals surface area contributed by atoms with E-state index < -0.39 is 0 Å². The molecule has 0 bridgehead atoms. The van der Waals surface area contributed by atoms with E-state index >= 15 is 0 Å². The average molecular weight is 240 g/mol. The fourth-order valence-corrected chi connectivity index (χ4v) is 3.14. The maximum absolute atomic E-state index is 5.87. The molecule has 2 N–H and O–H groups in total. The minimum absolute atomic E-state index is 0.724. The molecule has 1 fully saturated rings. The molecule has 0 saturated carbocycles. The summed E-state index contributed by atoms with van der Waals surface area (Å²) in [5, 5.41) is 0. The molecule has 1 heterocycles. The van der Waals surface area contributed by atoms with Gasteiger partial charge in [-0.2, -0.15) is 0 Å². The number of hydrogen-bond donors (Lipinski definition) is 1. The van der Waals surface area contributed by atoms with Crippen LogP contribution in [-0.4, -0.2) is 30.6 Å². The number of hydrogen-bond acceptors (Lipinski definition) is 2. The molecule has 17 heavy (non-hydrogen) atoms. The Hall–Kier alpha value is -0.0800. The summed E-state index contributed by atoms with van der Waals surface area (Å²) >= 11 is 0. The SMILES string of the molecule is CC(C)CC(CN)CCN1CCC(C)CC1C. The van der Waals surface area contributed by atoms with Crippen LogP contribution in [0.1, 0.15) is 53.4 Å². The highest BCUT2D eigenvalue weighted by molar-refractivity contribution is 4.77. The van der Waals surface area contributed by atoms with Crippen LogP contribution in [0.15, 0.2) is 0 Å². The number of likely N-dealkylation sites (tertiary alicyclic amines) is 1. The van der Waals surface area contributed by atoms with Crippen molar-refractivity contribution >= 4 is 0 Å². The van der Waals surface area contributed by atoms with Crippen molar-refractivity contribution in [2.24, 2.45) is 23.5 Å². The fraction of sp³-hybridized carbons (Fsp3) is 1.00. The summed E-state index contributed by atoms with van der Waals surface area (Å²) in [5.41, 5.74) is 5.87. The van der Waals surface area contributed by atoms with Gasteiger partial charge in [-0.25, -0.2) is 0 Å². The molecule has 0 radical (unpaired) electrons. The van der Waals surface area contributed by atoms with E-state index in [0.717, 1.165) is 30.3 Å². The minimum Gasteiger partial charge on any atom is -0.330 e. The monoisotopic (exact) mass is 240 g/mol. The summed E-state index contributed by atoms with van der Waals surface area (Å²) in [6.45, 7) is 12.8. The fourth-order valence-electron chi connectivity index (χ4n) is 3.14. The first-order valence-electron chi connectivity index (χ1n) is 7.47. The molecular formula is C15H32N2. The smallest absolute Gasteiger partial charge is 0.00694 e. The molecule has 3 unspecified atom stereocenters. The summed E-state index contributed by atoms with van der Waals surface area (Å²) in [6, 6.07) is 0.774. The van der Waals surface area contributed by atoms with Gasteiger partial charge in [-0.05, 0) is 70.0 Å². The highest BCUT2D eigenvalue weighted by atomic mass is 15.2. The van der Waals surface area contributed by atoms with Gasteiger partial charge in [-0.3, -0.25) is 0 Å². The largest absolute Gasteiger partial charge is 0.330 e. The zero-order valence-electron chi connectivity index (χ0n) is 12.3. The first kappa shape index (κ1) is 15.0. The van der Waals surface area contributed by atoms with Gasteiger partial charge in [0.25, 0.3) is 0 Å². The molecule has 1 aliphatic rings. The molecule has 102 valence electrons. The van der Waals surface area contributed by atoms with Gasteiger partial charge in [-0.15, -0.1) is 0 Å². The molecule has 0 aliphatic carbocycles. The van der Waals surface area contributed by atoms with Crippen molar-refractivity contribution in [3.63, 3.8) is 0 Å². The van der Waals surface area contributed by atoms with E-state index in [-0.39, 0.29) is 0 Å². The Kier molecular flexibility index (Phi) is 6.50. The third-order valence-corrected chi connectivity index (χ3v) is 4.24. The number of nitrogens with zero attached hydrogens (tertiary/aromatic N) is 1. The molecule has 2 heteroatoms. The Bertz CT molecular complexity index is 203. The Morgan fingerprint density at radius 2 is 2.00 bits per heavy atom. The van der Waals surface area contributed by atoms with E-state index in [0.29, 0.717) is 0 Å². The lowest BCUT2D eigenvalue weighted by molar-refractivity contribution is 0.120. The van der Waals surface area contributed by atoms with E-state index in [4.69, 9.17) is 5.73 Å². The van der Waals surface area contributed by atoms with Crippen molar-refractivity contribution in [1.29, 1.82) is 0 Å².